The topological polar surface area (TPSA) is 80.9 Å². The van der Waals surface area contributed by atoms with Crippen molar-refractivity contribution < 1.29 is 9.90 Å². The molecule has 0 bridgehead atoms. The summed E-state index contributed by atoms with van der Waals surface area (Å²) in [6.07, 6.45) is 6.06. The first-order valence-corrected chi connectivity index (χ1v) is 5.72. The van der Waals surface area contributed by atoms with Crippen molar-refractivity contribution >= 4 is 28.6 Å². The number of rotatable bonds is 2. The number of carbonyl (C=O) groups is 1. The van der Waals surface area contributed by atoms with E-state index in [-0.39, 0.29) is 5.56 Å². The largest absolute Gasteiger partial charge is 0.478 e. The highest BCUT2D eigenvalue weighted by atomic mass is 35.5. The lowest BCUT2D eigenvalue weighted by atomic mass is 10.2. The second-order valence-electron chi connectivity index (χ2n) is 3.76. The van der Waals surface area contributed by atoms with Crippen LogP contribution < -0.4 is 0 Å². The van der Waals surface area contributed by atoms with Crippen LogP contribution in [-0.2, 0) is 0 Å². The molecule has 3 aromatic heterocycles. The molecule has 0 aromatic carbocycles. The van der Waals surface area contributed by atoms with Crippen molar-refractivity contribution in [2.45, 2.75) is 0 Å². The van der Waals surface area contributed by atoms with E-state index >= 15 is 0 Å². The normalized spacial score (nSPS) is 10.8. The molecule has 0 amide bonds. The van der Waals surface area contributed by atoms with Gasteiger partial charge in [-0.05, 0) is 12.1 Å². The van der Waals surface area contributed by atoms with Crippen LogP contribution in [0, 0.1) is 0 Å². The maximum atomic E-state index is 11.3. The molecule has 0 aliphatic carbocycles. The Balaban J connectivity index is 2.39. The van der Waals surface area contributed by atoms with Crippen LogP contribution >= 0.6 is 11.6 Å². The number of hydrogen-bond donors (Lipinski definition) is 1. The highest BCUT2D eigenvalue weighted by molar-refractivity contribution is 6.36. The summed E-state index contributed by atoms with van der Waals surface area (Å²) >= 11 is 6.05. The van der Waals surface area contributed by atoms with Gasteiger partial charge < -0.3 is 5.11 Å². The molecule has 7 heteroatoms. The Morgan fingerprint density at radius 1 is 1.21 bits per heavy atom. The van der Waals surface area contributed by atoms with Crippen LogP contribution in [0.15, 0.2) is 36.9 Å². The third-order valence-electron chi connectivity index (χ3n) is 2.63. The Kier molecular flexibility index (Phi) is 2.64. The third-order valence-corrected chi connectivity index (χ3v) is 2.95. The van der Waals surface area contributed by atoms with Gasteiger partial charge in [0.1, 0.15) is 5.65 Å². The first-order valence-electron chi connectivity index (χ1n) is 5.34. The average molecular weight is 275 g/mol. The minimum absolute atomic E-state index is 0.0700. The number of carboxylic acid groups (broad SMARTS) is 1. The number of aromatic nitrogens is 4. The zero-order valence-electron chi connectivity index (χ0n) is 9.49. The summed E-state index contributed by atoms with van der Waals surface area (Å²) < 4.78 is 1.50. The van der Waals surface area contributed by atoms with Crippen molar-refractivity contribution in [2.75, 3.05) is 0 Å². The van der Waals surface area contributed by atoms with E-state index in [1.807, 2.05) is 0 Å². The Labute approximate surface area is 112 Å². The predicted molar refractivity (Wildman–Crippen MR) is 68.6 cm³/mol. The molecular weight excluding hydrogens is 268 g/mol. The molecule has 19 heavy (non-hydrogen) atoms. The van der Waals surface area contributed by atoms with Gasteiger partial charge in [-0.3, -0.25) is 4.57 Å². The smallest absolute Gasteiger partial charge is 0.338 e. The van der Waals surface area contributed by atoms with Crippen molar-refractivity contribution in [1.29, 1.82) is 0 Å². The summed E-state index contributed by atoms with van der Waals surface area (Å²) in [5.41, 5.74) is 0.483. The van der Waals surface area contributed by atoms with E-state index in [4.69, 9.17) is 11.6 Å². The maximum absolute atomic E-state index is 11.3. The number of carboxylic acids is 1. The molecule has 0 unspecified atom stereocenters. The van der Waals surface area contributed by atoms with Crippen LogP contribution in [0.4, 0.5) is 0 Å². The minimum Gasteiger partial charge on any atom is -0.478 e. The van der Waals surface area contributed by atoms with Crippen LogP contribution in [0.2, 0.25) is 5.02 Å². The standard InChI is InChI=1S/C12H7ClN4O2/c13-8-2-5-14-10-9(8)7(11(18)19)6-17(10)12-15-3-1-4-16-12/h1-6H,(H,18,19). The summed E-state index contributed by atoms with van der Waals surface area (Å²) in [6, 6.07) is 3.22. The fourth-order valence-electron chi connectivity index (χ4n) is 1.84. The van der Waals surface area contributed by atoms with E-state index in [0.717, 1.165) is 0 Å². The highest BCUT2D eigenvalue weighted by Gasteiger charge is 2.19. The maximum Gasteiger partial charge on any atom is 0.338 e. The zero-order chi connectivity index (χ0) is 13.4. The van der Waals surface area contributed by atoms with E-state index in [1.165, 1.54) is 17.0 Å². The van der Waals surface area contributed by atoms with E-state index in [0.29, 0.717) is 22.0 Å². The minimum atomic E-state index is -1.07. The van der Waals surface area contributed by atoms with Gasteiger partial charge in [0.15, 0.2) is 0 Å². The Morgan fingerprint density at radius 3 is 2.63 bits per heavy atom. The van der Waals surface area contributed by atoms with Crippen molar-refractivity contribution in [2.24, 2.45) is 0 Å². The summed E-state index contributed by atoms with van der Waals surface area (Å²) in [5.74, 6) is -0.732. The van der Waals surface area contributed by atoms with Crippen LogP contribution in [0.1, 0.15) is 10.4 Å². The summed E-state index contributed by atoms with van der Waals surface area (Å²) in [5, 5.41) is 9.94. The van der Waals surface area contributed by atoms with Crippen molar-refractivity contribution in [3.8, 4) is 5.95 Å². The molecule has 0 atom stereocenters. The molecule has 0 saturated heterocycles. The molecule has 0 radical (unpaired) electrons. The van der Waals surface area contributed by atoms with Gasteiger partial charge in [0, 0.05) is 24.8 Å². The number of fused-ring (bicyclic) bond motifs is 1. The van der Waals surface area contributed by atoms with Crippen molar-refractivity contribution in [3.63, 3.8) is 0 Å². The molecule has 0 aliphatic rings. The van der Waals surface area contributed by atoms with Gasteiger partial charge in [0.05, 0.1) is 16.0 Å². The van der Waals surface area contributed by atoms with Gasteiger partial charge in [0.25, 0.3) is 0 Å². The molecule has 3 heterocycles. The molecule has 0 spiro atoms. The van der Waals surface area contributed by atoms with Crippen LogP contribution in [-0.4, -0.2) is 30.6 Å². The fraction of sp³-hybridized carbons (Fsp3) is 0. The monoisotopic (exact) mass is 274 g/mol. The van der Waals surface area contributed by atoms with Gasteiger partial charge in [-0.2, -0.15) is 0 Å². The number of hydrogen-bond acceptors (Lipinski definition) is 4. The van der Waals surface area contributed by atoms with Gasteiger partial charge in [0.2, 0.25) is 5.95 Å². The van der Waals surface area contributed by atoms with Crippen LogP contribution in [0.3, 0.4) is 0 Å². The molecule has 0 fully saturated rings. The average Bonchev–Trinajstić information content (AvgIpc) is 2.81. The van der Waals surface area contributed by atoms with Gasteiger partial charge in [-0.15, -0.1) is 0 Å². The number of halogens is 1. The van der Waals surface area contributed by atoms with E-state index in [1.54, 1.807) is 24.5 Å². The lowest BCUT2D eigenvalue weighted by Crippen LogP contribution is -1.99. The first-order chi connectivity index (χ1) is 9.18. The third kappa shape index (κ3) is 1.82. The van der Waals surface area contributed by atoms with Gasteiger partial charge in [-0.25, -0.2) is 19.7 Å². The molecular formula is C12H7ClN4O2. The SMILES string of the molecule is O=C(O)c1cn(-c2ncccn2)c2nccc(Cl)c12. The van der Waals surface area contributed by atoms with E-state index < -0.39 is 5.97 Å². The summed E-state index contributed by atoms with van der Waals surface area (Å²) in [7, 11) is 0. The molecule has 6 nitrogen and oxygen atoms in total. The first kappa shape index (κ1) is 11.6. The Bertz CT molecular complexity index is 770. The zero-order valence-corrected chi connectivity index (χ0v) is 10.2. The number of aromatic carboxylic acids is 1. The highest BCUT2D eigenvalue weighted by Crippen LogP contribution is 2.28. The van der Waals surface area contributed by atoms with Crippen LogP contribution in [0.25, 0.3) is 17.0 Å². The number of pyridine rings is 1. The quantitative estimate of drug-likeness (QED) is 0.774. The lowest BCUT2D eigenvalue weighted by Gasteiger charge is -2.01. The lowest BCUT2D eigenvalue weighted by molar-refractivity contribution is 0.0699. The molecule has 1 N–H and O–H groups in total. The summed E-state index contributed by atoms with van der Waals surface area (Å²) in [4.78, 5) is 23.6. The second-order valence-corrected chi connectivity index (χ2v) is 4.17. The Hall–Kier alpha value is -2.47. The molecule has 3 aromatic rings. The van der Waals surface area contributed by atoms with E-state index in [2.05, 4.69) is 15.0 Å². The fourth-order valence-corrected chi connectivity index (χ4v) is 2.09. The molecule has 94 valence electrons. The Morgan fingerprint density at radius 2 is 1.95 bits per heavy atom. The predicted octanol–water partition coefficient (Wildman–Crippen LogP) is 2.17. The van der Waals surface area contributed by atoms with Gasteiger partial charge >= 0.3 is 5.97 Å². The van der Waals surface area contributed by atoms with Crippen LogP contribution in [0.5, 0.6) is 0 Å². The second kappa shape index (κ2) is 4.33. The molecule has 0 aliphatic heterocycles. The molecule has 0 saturated carbocycles. The molecule has 3 rings (SSSR count). The number of nitrogens with zero attached hydrogens (tertiary/aromatic N) is 4. The van der Waals surface area contributed by atoms with Crippen molar-refractivity contribution in [3.05, 3.63) is 47.5 Å². The van der Waals surface area contributed by atoms with E-state index in [9.17, 15) is 9.90 Å². The van der Waals surface area contributed by atoms with Gasteiger partial charge in [-0.1, -0.05) is 11.6 Å². The van der Waals surface area contributed by atoms with Crippen molar-refractivity contribution in [1.82, 2.24) is 19.5 Å². The summed E-state index contributed by atoms with van der Waals surface area (Å²) in [6.45, 7) is 0.